The van der Waals surface area contributed by atoms with Crippen molar-refractivity contribution in [3.05, 3.63) is 59.4 Å². The molecule has 2 aromatic rings. The van der Waals surface area contributed by atoms with E-state index in [1.165, 1.54) is 5.56 Å². The molecule has 1 aromatic carbocycles. The van der Waals surface area contributed by atoms with E-state index in [4.69, 9.17) is 4.74 Å². The number of hydrogen-bond acceptors (Lipinski definition) is 5. The van der Waals surface area contributed by atoms with Crippen molar-refractivity contribution >= 4 is 11.8 Å². The van der Waals surface area contributed by atoms with Crippen LogP contribution in [-0.4, -0.2) is 53.4 Å². The van der Waals surface area contributed by atoms with Crippen molar-refractivity contribution < 1.29 is 14.6 Å². The number of pyridine rings is 1. The van der Waals surface area contributed by atoms with Gasteiger partial charge in [0.15, 0.2) is 0 Å². The molecule has 0 bridgehead atoms. The van der Waals surface area contributed by atoms with Gasteiger partial charge in [-0.15, -0.1) is 0 Å². The fourth-order valence-corrected chi connectivity index (χ4v) is 5.34. The number of carbonyl (C=O) groups is 1. The first-order valence-corrected chi connectivity index (χ1v) is 11.1. The molecule has 0 radical (unpaired) electrons. The molecule has 1 amide bonds. The van der Waals surface area contributed by atoms with Crippen LogP contribution in [0.3, 0.4) is 0 Å². The van der Waals surface area contributed by atoms with E-state index in [0.717, 1.165) is 31.5 Å². The second-order valence-electron chi connectivity index (χ2n) is 10.3. The summed E-state index contributed by atoms with van der Waals surface area (Å²) in [6.07, 6.45) is 4.93. The van der Waals surface area contributed by atoms with E-state index in [9.17, 15) is 9.90 Å². The minimum atomic E-state index is -1.22. The van der Waals surface area contributed by atoms with E-state index < -0.39 is 5.60 Å². The molecule has 0 unspecified atom stereocenters. The van der Waals surface area contributed by atoms with Crippen LogP contribution in [0.2, 0.25) is 0 Å². The average Bonchev–Trinajstić information content (AvgIpc) is 3.40. The van der Waals surface area contributed by atoms with Gasteiger partial charge in [0, 0.05) is 30.3 Å². The number of hydrogen-bond donors (Lipinski definition) is 1. The van der Waals surface area contributed by atoms with Gasteiger partial charge >= 0.3 is 6.09 Å². The van der Waals surface area contributed by atoms with E-state index >= 15 is 0 Å². The summed E-state index contributed by atoms with van der Waals surface area (Å²) in [7, 11) is 2.06. The van der Waals surface area contributed by atoms with Gasteiger partial charge in [0.1, 0.15) is 11.2 Å². The Morgan fingerprint density at radius 3 is 2.32 bits per heavy atom. The van der Waals surface area contributed by atoms with E-state index in [1.807, 2.05) is 18.2 Å². The highest BCUT2D eigenvalue weighted by Crippen LogP contribution is 2.51. The molecule has 6 nitrogen and oxygen atoms in total. The molecule has 3 fully saturated rings. The van der Waals surface area contributed by atoms with Crippen LogP contribution in [0, 0.1) is 5.41 Å². The maximum Gasteiger partial charge on any atom is 0.415 e. The largest absolute Gasteiger partial charge is 0.441 e. The predicted molar refractivity (Wildman–Crippen MR) is 119 cm³/mol. The standard InChI is InChI=1S/C25H31N3O3/c1-17(2)18-5-7-19(8-6-18)25(30,23(3)14-27(4)15-23)20-11-21(13-26-12-20)28-16-24(9-10-24)31-22(28)29/h5-8,11-13,17,30H,9-10,14-16H2,1-4H3/t25-/m0/s1. The summed E-state index contributed by atoms with van der Waals surface area (Å²) < 4.78 is 5.58. The first-order valence-electron chi connectivity index (χ1n) is 11.1. The molecule has 164 valence electrons. The molecule has 1 atom stereocenters. The first kappa shape index (κ1) is 20.5. The Morgan fingerprint density at radius 1 is 1.10 bits per heavy atom. The lowest BCUT2D eigenvalue weighted by atomic mass is 9.62. The van der Waals surface area contributed by atoms with Crippen molar-refractivity contribution in [2.24, 2.45) is 5.41 Å². The Morgan fingerprint density at radius 2 is 1.77 bits per heavy atom. The minimum Gasteiger partial charge on any atom is -0.441 e. The summed E-state index contributed by atoms with van der Waals surface area (Å²) in [6, 6.07) is 10.2. The molecule has 1 saturated carbocycles. The molecule has 2 aliphatic heterocycles. The zero-order chi connectivity index (χ0) is 22.0. The number of carbonyl (C=O) groups excluding carboxylic acids is 1. The lowest BCUT2D eigenvalue weighted by molar-refractivity contribution is -0.127. The zero-order valence-electron chi connectivity index (χ0n) is 18.8. The fourth-order valence-electron chi connectivity index (χ4n) is 5.34. The summed E-state index contributed by atoms with van der Waals surface area (Å²) >= 11 is 0. The van der Waals surface area contributed by atoms with Crippen LogP contribution in [0.25, 0.3) is 0 Å². The van der Waals surface area contributed by atoms with Gasteiger partial charge in [0.05, 0.1) is 18.4 Å². The first-order chi connectivity index (χ1) is 14.7. The van der Waals surface area contributed by atoms with E-state index in [2.05, 4.69) is 49.8 Å². The van der Waals surface area contributed by atoms with Crippen LogP contribution in [0.15, 0.2) is 42.7 Å². The van der Waals surface area contributed by atoms with Crippen molar-refractivity contribution in [2.75, 3.05) is 31.6 Å². The van der Waals surface area contributed by atoms with Crippen LogP contribution in [-0.2, 0) is 10.3 Å². The highest BCUT2D eigenvalue weighted by molar-refractivity contribution is 5.90. The lowest BCUT2D eigenvalue weighted by Gasteiger charge is -2.56. The molecule has 3 aliphatic rings. The molecule has 5 rings (SSSR count). The molecule has 3 heterocycles. The number of ether oxygens (including phenoxy) is 1. The van der Waals surface area contributed by atoms with Gasteiger partial charge in [-0.25, -0.2) is 4.79 Å². The summed E-state index contributed by atoms with van der Waals surface area (Å²) in [5.74, 6) is 0.425. The highest BCUT2D eigenvalue weighted by Gasteiger charge is 2.57. The number of aliphatic hydroxyl groups is 1. The number of amides is 1. The average molecular weight is 422 g/mol. The fraction of sp³-hybridized carbons (Fsp3) is 0.520. The Bertz CT molecular complexity index is 1010. The Labute approximate surface area is 183 Å². The molecule has 1 N–H and O–H groups in total. The third kappa shape index (κ3) is 3.15. The van der Waals surface area contributed by atoms with Crippen molar-refractivity contribution in [1.82, 2.24) is 9.88 Å². The van der Waals surface area contributed by atoms with Gasteiger partial charge in [-0.2, -0.15) is 0 Å². The summed E-state index contributed by atoms with van der Waals surface area (Å²) in [5.41, 5.74) is 1.59. The second kappa shape index (κ2) is 6.78. The molecule has 31 heavy (non-hydrogen) atoms. The number of benzene rings is 1. The van der Waals surface area contributed by atoms with Crippen molar-refractivity contribution in [3.8, 4) is 0 Å². The summed E-state index contributed by atoms with van der Waals surface area (Å²) in [6.45, 7) is 8.55. The van der Waals surface area contributed by atoms with Gasteiger partial charge in [0.25, 0.3) is 0 Å². The van der Waals surface area contributed by atoms with Crippen LogP contribution in [0.1, 0.15) is 56.2 Å². The van der Waals surface area contributed by atoms with Gasteiger partial charge in [-0.05, 0) is 43.0 Å². The van der Waals surface area contributed by atoms with Crippen molar-refractivity contribution in [3.63, 3.8) is 0 Å². The number of likely N-dealkylation sites (tertiary alicyclic amines) is 1. The van der Waals surface area contributed by atoms with Crippen LogP contribution < -0.4 is 4.90 Å². The van der Waals surface area contributed by atoms with Gasteiger partial charge in [-0.1, -0.05) is 45.0 Å². The zero-order valence-corrected chi connectivity index (χ0v) is 18.8. The molecular weight excluding hydrogens is 390 g/mol. The van der Waals surface area contributed by atoms with Crippen LogP contribution >= 0.6 is 0 Å². The molecular formula is C25H31N3O3. The second-order valence-corrected chi connectivity index (χ2v) is 10.3. The highest BCUT2D eigenvalue weighted by atomic mass is 16.6. The van der Waals surface area contributed by atoms with E-state index in [1.54, 1.807) is 17.3 Å². The molecule has 1 aromatic heterocycles. The molecule has 1 spiro atoms. The SMILES string of the molecule is CC(C)c1ccc([C@](O)(c2cncc(N3CC4(CC4)OC3=O)c2)C2(C)CN(C)C2)cc1. The van der Waals surface area contributed by atoms with Gasteiger partial charge in [-0.3, -0.25) is 9.88 Å². The lowest BCUT2D eigenvalue weighted by Crippen LogP contribution is -2.63. The number of anilines is 1. The Balaban J connectivity index is 1.57. The summed E-state index contributed by atoms with van der Waals surface area (Å²) in [4.78, 5) is 20.8. The molecule has 1 aliphatic carbocycles. The molecule has 2 saturated heterocycles. The van der Waals surface area contributed by atoms with E-state index in [0.29, 0.717) is 23.7 Å². The number of nitrogens with zero attached hydrogens (tertiary/aromatic N) is 3. The van der Waals surface area contributed by atoms with E-state index in [-0.39, 0.29) is 17.1 Å². The Kier molecular flexibility index (Phi) is 4.47. The van der Waals surface area contributed by atoms with Gasteiger partial charge in [0.2, 0.25) is 0 Å². The Hall–Kier alpha value is -2.44. The molecule has 6 heteroatoms. The maximum absolute atomic E-state index is 12.5. The smallest absolute Gasteiger partial charge is 0.415 e. The van der Waals surface area contributed by atoms with Crippen molar-refractivity contribution in [2.45, 2.75) is 50.7 Å². The minimum absolute atomic E-state index is 0.307. The van der Waals surface area contributed by atoms with Crippen molar-refractivity contribution in [1.29, 1.82) is 0 Å². The number of aromatic nitrogens is 1. The maximum atomic E-state index is 12.5. The van der Waals surface area contributed by atoms with Crippen LogP contribution in [0.5, 0.6) is 0 Å². The van der Waals surface area contributed by atoms with Gasteiger partial charge < -0.3 is 14.7 Å². The van der Waals surface area contributed by atoms with Crippen LogP contribution in [0.4, 0.5) is 10.5 Å². The summed E-state index contributed by atoms with van der Waals surface area (Å²) in [5, 5.41) is 12.3. The number of rotatable bonds is 5. The third-order valence-electron chi connectivity index (χ3n) is 7.34. The topological polar surface area (TPSA) is 65.9 Å². The monoisotopic (exact) mass is 421 g/mol. The third-order valence-corrected chi connectivity index (χ3v) is 7.34. The normalized spacial score (nSPS) is 23.5. The quantitative estimate of drug-likeness (QED) is 0.794. The predicted octanol–water partition coefficient (Wildman–Crippen LogP) is 3.88.